The van der Waals surface area contributed by atoms with Crippen LogP contribution in [0.4, 0.5) is 5.82 Å². The van der Waals surface area contributed by atoms with Crippen LogP contribution in [0.15, 0.2) is 12.1 Å². The van der Waals surface area contributed by atoms with Gasteiger partial charge < -0.3 is 10.2 Å². The molecule has 1 fully saturated rings. The molecule has 0 spiro atoms. The van der Waals surface area contributed by atoms with Crippen LogP contribution in [0.25, 0.3) is 0 Å². The predicted octanol–water partition coefficient (Wildman–Crippen LogP) is 3.08. The lowest BCUT2D eigenvalue weighted by Crippen LogP contribution is -2.43. The zero-order chi connectivity index (χ0) is 14.8. The summed E-state index contributed by atoms with van der Waals surface area (Å²) >= 11 is 0. The third-order valence-corrected chi connectivity index (χ3v) is 3.75. The number of aryl methyl sites for hydroxylation is 1. The molecule has 4 nitrogen and oxygen atoms in total. The van der Waals surface area contributed by atoms with Crippen molar-refractivity contribution in [2.45, 2.75) is 40.5 Å². The number of nitrogens with one attached hydrogen (secondary N) is 1. The molecule has 1 saturated heterocycles. The molecule has 0 unspecified atom stereocenters. The van der Waals surface area contributed by atoms with Gasteiger partial charge in [-0.1, -0.05) is 13.8 Å². The first-order valence-corrected chi connectivity index (χ1v) is 7.43. The molecule has 1 N–H and O–H groups in total. The average molecular weight is 275 g/mol. The summed E-state index contributed by atoms with van der Waals surface area (Å²) in [7, 11) is 0. The fourth-order valence-electron chi connectivity index (χ4n) is 2.84. The van der Waals surface area contributed by atoms with E-state index < -0.39 is 0 Å². The standard InChI is InChI=1S/C16H25N3O/c1-5-17-14-10-13(9-12(2)18-14)15(20)19-8-6-7-16(3,4)11-19/h9-10H,5-8,11H2,1-4H3,(H,17,18). The Balaban J connectivity index is 2.20. The molecule has 0 saturated carbocycles. The molecule has 110 valence electrons. The van der Waals surface area contributed by atoms with E-state index in [-0.39, 0.29) is 11.3 Å². The highest BCUT2D eigenvalue weighted by Gasteiger charge is 2.29. The van der Waals surface area contributed by atoms with E-state index in [2.05, 4.69) is 24.1 Å². The summed E-state index contributed by atoms with van der Waals surface area (Å²) in [6.07, 6.45) is 2.28. The number of anilines is 1. The molecule has 0 aliphatic carbocycles. The van der Waals surface area contributed by atoms with Gasteiger partial charge in [0.15, 0.2) is 0 Å². The number of piperidine rings is 1. The van der Waals surface area contributed by atoms with Gasteiger partial charge in [0, 0.05) is 30.9 Å². The van der Waals surface area contributed by atoms with Crippen molar-refractivity contribution < 1.29 is 4.79 Å². The molecule has 1 aromatic rings. The first kappa shape index (κ1) is 14.8. The Bertz CT molecular complexity index is 496. The summed E-state index contributed by atoms with van der Waals surface area (Å²) in [6.45, 7) is 10.9. The number of amides is 1. The van der Waals surface area contributed by atoms with E-state index in [1.165, 1.54) is 6.42 Å². The number of likely N-dealkylation sites (tertiary alicyclic amines) is 1. The van der Waals surface area contributed by atoms with Gasteiger partial charge in [-0.3, -0.25) is 4.79 Å². The molecule has 0 aromatic carbocycles. The maximum absolute atomic E-state index is 12.7. The molecule has 2 rings (SSSR count). The maximum atomic E-state index is 12.7. The van der Waals surface area contributed by atoms with E-state index in [0.29, 0.717) is 0 Å². The number of nitrogens with zero attached hydrogens (tertiary/aromatic N) is 2. The van der Waals surface area contributed by atoms with Crippen molar-refractivity contribution >= 4 is 11.7 Å². The molecule has 1 amide bonds. The first-order chi connectivity index (χ1) is 9.41. The van der Waals surface area contributed by atoms with Crippen LogP contribution in [0.5, 0.6) is 0 Å². The van der Waals surface area contributed by atoms with Gasteiger partial charge in [0.2, 0.25) is 0 Å². The molecule has 1 aliphatic heterocycles. The maximum Gasteiger partial charge on any atom is 0.254 e. The van der Waals surface area contributed by atoms with Crippen molar-refractivity contribution in [3.63, 3.8) is 0 Å². The minimum absolute atomic E-state index is 0.127. The van der Waals surface area contributed by atoms with E-state index in [1.54, 1.807) is 0 Å². The van der Waals surface area contributed by atoms with Crippen LogP contribution >= 0.6 is 0 Å². The van der Waals surface area contributed by atoms with E-state index in [9.17, 15) is 4.79 Å². The highest BCUT2D eigenvalue weighted by Crippen LogP contribution is 2.29. The molecule has 1 aliphatic rings. The van der Waals surface area contributed by atoms with Gasteiger partial charge in [0.1, 0.15) is 5.82 Å². The van der Waals surface area contributed by atoms with Crippen LogP contribution in [0.1, 0.15) is 49.7 Å². The summed E-state index contributed by atoms with van der Waals surface area (Å²) in [6, 6.07) is 3.74. The average Bonchev–Trinajstić information content (AvgIpc) is 2.36. The van der Waals surface area contributed by atoms with Crippen molar-refractivity contribution in [3.8, 4) is 0 Å². The smallest absolute Gasteiger partial charge is 0.254 e. The highest BCUT2D eigenvalue weighted by molar-refractivity contribution is 5.95. The lowest BCUT2D eigenvalue weighted by Gasteiger charge is -2.38. The Morgan fingerprint density at radius 1 is 1.45 bits per heavy atom. The van der Waals surface area contributed by atoms with Gasteiger partial charge in [0.25, 0.3) is 5.91 Å². The normalized spacial score (nSPS) is 17.9. The molecule has 1 aromatic heterocycles. The third kappa shape index (κ3) is 3.50. The van der Waals surface area contributed by atoms with Crippen molar-refractivity contribution in [1.29, 1.82) is 0 Å². The number of hydrogen-bond acceptors (Lipinski definition) is 3. The second kappa shape index (κ2) is 5.81. The Hall–Kier alpha value is -1.58. The van der Waals surface area contributed by atoms with Crippen LogP contribution in [0, 0.1) is 12.3 Å². The summed E-state index contributed by atoms with van der Waals surface area (Å²) in [5.41, 5.74) is 1.84. The van der Waals surface area contributed by atoms with Crippen molar-refractivity contribution in [3.05, 3.63) is 23.4 Å². The van der Waals surface area contributed by atoms with Crippen LogP contribution in [-0.2, 0) is 0 Å². The minimum atomic E-state index is 0.127. The van der Waals surface area contributed by atoms with Crippen LogP contribution in [0.2, 0.25) is 0 Å². The fraction of sp³-hybridized carbons (Fsp3) is 0.625. The van der Waals surface area contributed by atoms with E-state index >= 15 is 0 Å². The fourth-order valence-corrected chi connectivity index (χ4v) is 2.84. The van der Waals surface area contributed by atoms with Crippen molar-refractivity contribution in [2.24, 2.45) is 5.41 Å². The van der Waals surface area contributed by atoms with Gasteiger partial charge in [-0.15, -0.1) is 0 Å². The quantitative estimate of drug-likeness (QED) is 0.922. The Morgan fingerprint density at radius 2 is 2.20 bits per heavy atom. The Morgan fingerprint density at radius 3 is 2.85 bits per heavy atom. The van der Waals surface area contributed by atoms with Crippen LogP contribution in [-0.4, -0.2) is 35.4 Å². The van der Waals surface area contributed by atoms with Gasteiger partial charge in [-0.25, -0.2) is 4.98 Å². The Kier molecular flexibility index (Phi) is 4.31. The van der Waals surface area contributed by atoms with Crippen LogP contribution in [0.3, 0.4) is 0 Å². The summed E-state index contributed by atoms with van der Waals surface area (Å²) < 4.78 is 0. The third-order valence-electron chi connectivity index (χ3n) is 3.75. The predicted molar refractivity (Wildman–Crippen MR) is 82.1 cm³/mol. The number of hydrogen-bond donors (Lipinski definition) is 1. The van der Waals surface area contributed by atoms with E-state index in [0.717, 1.165) is 43.1 Å². The molecule has 20 heavy (non-hydrogen) atoms. The molecule has 0 bridgehead atoms. The van der Waals surface area contributed by atoms with Crippen molar-refractivity contribution in [1.82, 2.24) is 9.88 Å². The summed E-state index contributed by atoms with van der Waals surface area (Å²) in [4.78, 5) is 19.0. The van der Waals surface area contributed by atoms with E-state index in [4.69, 9.17) is 0 Å². The van der Waals surface area contributed by atoms with Gasteiger partial charge in [-0.05, 0) is 44.2 Å². The molecule has 4 heteroatoms. The molecular weight excluding hydrogens is 250 g/mol. The molecule has 2 heterocycles. The largest absolute Gasteiger partial charge is 0.370 e. The number of aromatic nitrogens is 1. The SMILES string of the molecule is CCNc1cc(C(=O)N2CCCC(C)(C)C2)cc(C)n1. The second-order valence-electron chi connectivity index (χ2n) is 6.41. The second-order valence-corrected chi connectivity index (χ2v) is 6.41. The number of carbonyl (C=O) groups is 1. The monoisotopic (exact) mass is 275 g/mol. The van der Waals surface area contributed by atoms with Gasteiger partial charge in [-0.2, -0.15) is 0 Å². The van der Waals surface area contributed by atoms with Crippen LogP contribution < -0.4 is 5.32 Å². The zero-order valence-corrected chi connectivity index (χ0v) is 13.0. The molecule has 0 atom stereocenters. The zero-order valence-electron chi connectivity index (χ0n) is 13.0. The Labute approximate surface area is 121 Å². The highest BCUT2D eigenvalue weighted by atomic mass is 16.2. The van der Waals surface area contributed by atoms with Crippen molar-refractivity contribution in [2.75, 3.05) is 25.0 Å². The molecular formula is C16H25N3O. The lowest BCUT2D eigenvalue weighted by atomic mass is 9.84. The lowest BCUT2D eigenvalue weighted by molar-refractivity contribution is 0.0583. The first-order valence-electron chi connectivity index (χ1n) is 7.43. The van der Waals surface area contributed by atoms with E-state index in [1.807, 2.05) is 30.9 Å². The topological polar surface area (TPSA) is 45.2 Å². The number of rotatable bonds is 3. The number of carbonyl (C=O) groups excluding carboxylic acids is 1. The summed E-state index contributed by atoms with van der Waals surface area (Å²) in [5.74, 6) is 0.912. The minimum Gasteiger partial charge on any atom is -0.370 e. The van der Waals surface area contributed by atoms with Gasteiger partial charge in [0.05, 0.1) is 0 Å². The number of pyridine rings is 1. The molecule has 0 radical (unpaired) electrons. The summed E-state index contributed by atoms with van der Waals surface area (Å²) in [5, 5.41) is 3.18. The van der Waals surface area contributed by atoms with Gasteiger partial charge >= 0.3 is 0 Å².